The third-order valence-corrected chi connectivity index (χ3v) is 5.94. The summed E-state index contributed by atoms with van der Waals surface area (Å²) in [5, 5.41) is 25.8. The van der Waals surface area contributed by atoms with Gasteiger partial charge in [-0.05, 0) is 58.3 Å². The lowest BCUT2D eigenvalue weighted by Gasteiger charge is -2.30. The van der Waals surface area contributed by atoms with Gasteiger partial charge in [0.1, 0.15) is 17.7 Å². The van der Waals surface area contributed by atoms with Crippen LogP contribution in [0.1, 0.15) is 73.1 Å². The number of carbonyl (C=O) groups is 5. The van der Waals surface area contributed by atoms with Crippen LogP contribution in [0.4, 0.5) is 4.79 Å². The molecule has 1 unspecified atom stereocenters. The second-order valence-electron chi connectivity index (χ2n) is 9.97. The lowest BCUT2D eigenvalue weighted by molar-refractivity contribution is -0.147. The molecule has 0 aromatic carbocycles. The Labute approximate surface area is 200 Å². The van der Waals surface area contributed by atoms with Crippen LogP contribution in [-0.4, -0.2) is 64.3 Å². The predicted octanol–water partition coefficient (Wildman–Crippen LogP) is 1.89. The maximum Gasteiger partial charge on any atom is 0.408 e. The third kappa shape index (κ3) is 10.4. The Bertz CT molecular complexity index is 741. The highest BCUT2D eigenvalue weighted by molar-refractivity contribution is 5.88. The van der Waals surface area contributed by atoms with E-state index in [1.54, 1.807) is 20.8 Å². The van der Waals surface area contributed by atoms with Gasteiger partial charge in [0.2, 0.25) is 11.8 Å². The summed E-state index contributed by atoms with van der Waals surface area (Å²) in [5.74, 6) is -3.80. The van der Waals surface area contributed by atoms with Gasteiger partial charge in [-0.15, -0.1) is 0 Å². The van der Waals surface area contributed by atoms with Gasteiger partial charge in [-0.3, -0.25) is 14.4 Å². The lowest BCUT2D eigenvalue weighted by Crippen LogP contribution is -2.52. The van der Waals surface area contributed by atoms with Gasteiger partial charge in [-0.1, -0.05) is 20.3 Å². The number of nitrogens with one attached hydrogen (secondary N) is 3. The predicted molar refractivity (Wildman–Crippen MR) is 123 cm³/mol. The standard InChI is InChI=1S/C23H39N3O8/c1-6-13(2)18(26-22(33)34-23(3,4)5)20(30)24-12-14-7-9-15(10-8-14)19(29)25-16(21(31)32)11-17(27)28/h13-16,18H,6-12H2,1-5H3,(H,24,30)(H,25,29)(H,26,33)(H,27,28)(H,31,32)/t13?,14?,15?,16-,18-/m0/s1. The molecule has 5 N–H and O–H groups in total. The van der Waals surface area contributed by atoms with Crippen LogP contribution in [0.2, 0.25) is 0 Å². The average molecular weight is 486 g/mol. The van der Waals surface area contributed by atoms with E-state index in [0.29, 0.717) is 38.6 Å². The van der Waals surface area contributed by atoms with E-state index >= 15 is 0 Å². The van der Waals surface area contributed by atoms with Gasteiger partial charge in [-0.2, -0.15) is 0 Å². The number of carboxylic acid groups (broad SMARTS) is 2. The first-order valence-electron chi connectivity index (χ1n) is 11.8. The highest BCUT2D eigenvalue weighted by Gasteiger charge is 2.32. The third-order valence-electron chi connectivity index (χ3n) is 5.94. The highest BCUT2D eigenvalue weighted by atomic mass is 16.6. The van der Waals surface area contributed by atoms with Crippen molar-refractivity contribution < 1.29 is 38.9 Å². The van der Waals surface area contributed by atoms with Crippen molar-refractivity contribution in [3.63, 3.8) is 0 Å². The minimum absolute atomic E-state index is 0.0973. The Morgan fingerprint density at radius 2 is 1.59 bits per heavy atom. The zero-order valence-corrected chi connectivity index (χ0v) is 20.7. The fourth-order valence-corrected chi connectivity index (χ4v) is 3.78. The number of hydrogen-bond acceptors (Lipinski definition) is 6. The summed E-state index contributed by atoms with van der Waals surface area (Å²) in [6, 6.07) is -2.19. The molecule has 0 aliphatic heterocycles. The molecule has 3 amide bonds. The highest BCUT2D eigenvalue weighted by Crippen LogP contribution is 2.28. The Morgan fingerprint density at radius 1 is 1.00 bits per heavy atom. The van der Waals surface area contributed by atoms with Crippen molar-refractivity contribution in [2.45, 2.75) is 90.8 Å². The van der Waals surface area contributed by atoms with E-state index in [1.165, 1.54) is 0 Å². The summed E-state index contributed by atoms with van der Waals surface area (Å²) in [5.41, 5.74) is -0.677. The van der Waals surface area contributed by atoms with E-state index in [4.69, 9.17) is 14.9 Å². The minimum atomic E-state index is -1.46. The van der Waals surface area contributed by atoms with Gasteiger partial charge in [0.05, 0.1) is 6.42 Å². The largest absolute Gasteiger partial charge is 0.481 e. The summed E-state index contributed by atoms with van der Waals surface area (Å²) in [6.07, 6.45) is 1.69. The maximum absolute atomic E-state index is 12.8. The molecule has 1 aliphatic rings. The average Bonchev–Trinajstić information content (AvgIpc) is 2.73. The number of hydrogen-bond donors (Lipinski definition) is 5. The normalized spacial score (nSPS) is 20.9. The molecule has 34 heavy (non-hydrogen) atoms. The lowest BCUT2D eigenvalue weighted by atomic mass is 9.81. The molecule has 0 saturated heterocycles. The molecule has 3 atom stereocenters. The fourth-order valence-electron chi connectivity index (χ4n) is 3.78. The van der Waals surface area contributed by atoms with E-state index in [1.807, 2.05) is 13.8 Å². The number of alkyl carbamates (subject to hydrolysis) is 1. The van der Waals surface area contributed by atoms with Gasteiger partial charge in [0.25, 0.3) is 0 Å². The van der Waals surface area contributed by atoms with Crippen molar-refractivity contribution >= 4 is 29.8 Å². The topological polar surface area (TPSA) is 171 Å². The molecule has 0 radical (unpaired) electrons. The first-order valence-corrected chi connectivity index (χ1v) is 11.8. The van der Waals surface area contributed by atoms with Crippen molar-refractivity contribution in [1.29, 1.82) is 0 Å². The van der Waals surface area contributed by atoms with Crippen molar-refractivity contribution in [3.8, 4) is 0 Å². The molecule has 0 aromatic rings. The van der Waals surface area contributed by atoms with Crippen molar-refractivity contribution in [2.24, 2.45) is 17.8 Å². The summed E-state index contributed by atoms with van der Waals surface area (Å²) < 4.78 is 5.27. The fraction of sp³-hybridized carbons (Fsp3) is 0.783. The number of rotatable bonds is 11. The summed E-state index contributed by atoms with van der Waals surface area (Å²) in [7, 11) is 0. The molecule has 0 aromatic heterocycles. The summed E-state index contributed by atoms with van der Waals surface area (Å²) in [6.45, 7) is 9.44. The molecule has 1 rings (SSSR count). The molecule has 11 nitrogen and oxygen atoms in total. The maximum atomic E-state index is 12.8. The molecular weight excluding hydrogens is 446 g/mol. The van der Waals surface area contributed by atoms with Crippen LogP contribution in [0, 0.1) is 17.8 Å². The molecule has 0 heterocycles. The van der Waals surface area contributed by atoms with E-state index in [9.17, 15) is 24.0 Å². The van der Waals surface area contributed by atoms with Crippen LogP contribution in [-0.2, 0) is 23.9 Å². The van der Waals surface area contributed by atoms with Crippen LogP contribution in [0.3, 0.4) is 0 Å². The first kappa shape index (κ1) is 29.2. The van der Waals surface area contributed by atoms with Gasteiger partial charge in [0, 0.05) is 12.5 Å². The van der Waals surface area contributed by atoms with E-state index in [0.717, 1.165) is 0 Å². The SMILES string of the molecule is CCC(C)[C@H](NC(=O)OC(C)(C)C)C(=O)NCC1CCC(C(=O)N[C@@H](CC(=O)O)C(=O)O)CC1. The van der Waals surface area contributed by atoms with E-state index < -0.39 is 54.0 Å². The van der Waals surface area contributed by atoms with E-state index in [-0.39, 0.29) is 17.7 Å². The number of carbonyl (C=O) groups excluding carboxylic acids is 3. The minimum Gasteiger partial charge on any atom is -0.481 e. The number of ether oxygens (including phenoxy) is 1. The van der Waals surface area contributed by atoms with Crippen LogP contribution in [0.25, 0.3) is 0 Å². The van der Waals surface area contributed by atoms with Gasteiger partial charge < -0.3 is 30.9 Å². The van der Waals surface area contributed by atoms with E-state index in [2.05, 4.69) is 16.0 Å². The molecule has 194 valence electrons. The Kier molecular flexibility index (Phi) is 11.3. The van der Waals surface area contributed by atoms with Crippen LogP contribution in [0.15, 0.2) is 0 Å². The summed E-state index contributed by atoms with van der Waals surface area (Å²) in [4.78, 5) is 59.3. The van der Waals surface area contributed by atoms with Crippen LogP contribution >= 0.6 is 0 Å². The Balaban J connectivity index is 2.55. The van der Waals surface area contributed by atoms with Gasteiger partial charge in [0.15, 0.2) is 0 Å². The van der Waals surface area contributed by atoms with Crippen LogP contribution < -0.4 is 16.0 Å². The van der Waals surface area contributed by atoms with Crippen molar-refractivity contribution in [1.82, 2.24) is 16.0 Å². The van der Waals surface area contributed by atoms with Gasteiger partial charge >= 0.3 is 18.0 Å². The molecule has 0 bridgehead atoms. The van der Waals surface area contributed by atoms with Crippen molar-refractivity contribution in [2.75, 3.05) is 6.54 Å². The molecule has 0 spiro atoms. The number of aliphatic carboxylic acids is 2. The molecule has 1 fully saturated rings. The monoisotopic (exact) mass is 485 g/mol. The Hall–Kier alpha value is -2.85. The molecule has 11 heteroatoms. The first-order chi connectivity index (χ1) is 15.7. The Morgan fingerprint density at radius 3 is 2.06 bits per heavy atom. The molecular formula is C23H39N3O8. The molecule has 1 saturated carbocycles. The quantitative estimate of drug-likeness (QED) is 0.295. The smallest absolute Gasteiger partial charge is 0.408 e. The molecule has 1 aliphatic carbocycles. The number of carboxylic acids is 2. The zero-order chi connectivity index (χ0) is 26.1. The second kappa shape index (κ2) is 13.1. The van der Waals surface area contributed by atoms with Crippen molar-refractivity contribution in [3.05, 3.63) is 0 Å². The second-order valence-corrected chi connectivity index (χ2v) is 9.97. The van der Waals surface area contributed by atoms with Gasteiger partial charge in [-0.25, -0.2) is 9.59 Å². The number of amides is 3. The van der Waals surface area contributed by atoms with Crippen LogP contribution in [0.5, 0.6) is 0 Å². The summed E-state index contributed by atoms with van der Waals surface area (Å²) >= 11 is 0. The zero-order valence-electron chi connectivity index (χ0n) is 20.7.